The number of nitrogens with zero attached hydrogens (tertiary/aromatic N) is 1. The first-order valence-electron chi connectivity index (χ1n) is 5.96. The van der Waals surface area contributed by atoms with E-state index in [-0.39, 0.29) is 5.78 Å². The van der Waals surface area contributed by atoms with Gasteiger partial charge in [0.25, 0.3) is 0 Å². The summed E-state index contributed by atoms with van der Waals surface area (Å²) in [6, 6.07) is 16.4. The quantitative estimate of drug-likeness (QED) is 0.281. The van der Waals surface area contributed by atoms with Crippen LogP contribution in [0.1, 0.15) is 10.4 Å². The molecule has 4 nitrogen and oxygen atoms in total. The van der Waals surface area contributed by atoms with Gasteiger partial charge in [0.05, 0.1) is 11.4 Å². The van der Waals surface area contributed by atoms with Crippen molar-refractivity contribution < 1.29 is 14.0 Å². The summed E-state index contributed by atoms with van der Waals surface area (Å²) < 4.78 is 6.72. The normalized spacial score (nSPS) is 13.5. The second-order valence-corrected chi connectivity index (χ2v) is 4.78. The molecule has 0 atom stereocenters. The van der Waals surface area contributed by atoms with Crippen LogP contribution in [0.5, 0.6) is 5.75 Å². The molecule has 100 valence electrons. The van der Waals surface area contributed by atoms with Gasteiger partial charge in [0.1, 0.15) is 0 Å². The Morgan fingerprint density at radius 1 is 1.00 bits per heavy atom. The van der Waals surface area contributed by atoms with E-state index in [1.807, 2.05) is 36.4 Å². The lowest BCUT2D eigenvalue weighted by Crippen LogP contribution is -2.11. The number of allylic oxidation sites excluding steroid dienone is 1. The first-order valence-corrected chi connectivity index (χ1v) is 6.66. The molecular weight excluding hydrogens is 274 g/mol. The van der Waals surface area contributed by atoms with Crippen LogP contribution in [-0.4, -0.2) is 5.78 Å². The van der Waals surface area contributed by atoms with Crippen LogP contribution in [0.15, 0.2) is 66.9 Å². The lowest BCUT2D eigenvalue weighted by Gasteiger charge is -2.15. The molecular formula is C15H11NO3S. The number of carbonyl (C=O) groups excluding carboxylic acids is 1. The second-order valence-electron chi connectivity index (χ2n) is 4.13. The first-order chi connectivity index (χ1) is 9.77. The van der Waals surface area contributed by atoms with Crippen LogP contribution in [0, 0.1) is 0 Å². The fourth-order valence-corrected chi connectivity index (χ4v) is 2.46. The topological polar surface area (TPSA) is 38.8 Å². The maximum atomic E-state index is 12.0. The molecule has 20 heavy (non-hydrogen) atoms. The van der Waals surface area contributed by atoms with E-state index in [4.69, 9.17) is 9.22 Å². The number of fused-ring (bicyclic) bond motifs is 1. The maximum Gasteiger partial charge on any atom is 0.211 e. The van der Waals surface area contributed by atoms with Crippen molar-refractivity contribution >= 4 is 23.7 Å². The smallest absolute Gasteiger partial charge is 0.211 e. The second kappa shape index (κ2) is 5.40. The van der Waals surface area contributed by atoms with Crippen molar-refractivity contribution in [1.29, 1.82) is 0 Å². The van der Waals surface area contributed by atoms with Crippen LogP contribution < -0.4 is 9.19 Å². The first kappa shape index (κ1) is 12.8. The number of benzene rings is 2. The molecule has 2 aromatic carbocycles. The zero-order chi connectivity index (χ0) is 13.9. The van der Waals surface area contributed by atoms with Crippen molar-refractivity contribution in [2.24, 2.45) is 0 Å². The summed E-state index contributed by atoms with van der Waals surface area (Å²) in [6.07, 6.45) is 0. The minimum Gasteiger partial charge on any atom is -0.324 e. The Bertz CT molecular complexity index is 657. The van der Waals surface area contributed by atoms with Gasteiger partial charge in [-0.15, -0.1) is 0 Å². The molecule has 0 saturated heterocycles. The van der Waals surface area contributed by atoms with E-state index in [1.165, 1.54) is 0 Å². The average molecular weight is 285 g/mol. The Morgan fingerprint density at radius 2 is 1.70 bits per heavy atom. The fourth-order valence-electron chi connectivity index (χ4n) is 1.88. The van der Waals surface area contributed by atoms with Crippen LogP contribution in [0.4, 0.5) is 5.69 Å². The monoisotopic (exact) mass is 285 g/mol. The van der Waals surface area contributed by atoms with E-state index in [2.05, 4.69) is 6.58 Å². The van der Waals surface area contributed by atoms with Crippen molar-refractivity contribution in [3.63, 3.8) is 0 Å². The van der Waals surface area contributed by atoms with E-state index < -0.39 is 0 Å². The number of rotatable bonds is 4. The predicted molar refractivity (Wildman–Crippen MR) is 78.1 cm³/mol. The third-order valence-corrected chi connectivity index (χ3v) is 3.55. The molecule has 0 aliphatic carbocycles. The van der Waals surface area contributed by atoms with Crippen molar-refractivity contribution in [2.45, 2.75) is 0 Å². The maximum absolute atomic E-state index is 12.0. The van der Waals surface area contributed by atoms with E-state index in [1.54, 1.807) is 22.5 Å². The van der Waals surface area contributed by atoms with Gasteiger partial charge >= 0.3 is 0 Å². The van der Waals surface area contributed by atoms with Gasteiger partial charge in [0.2, 0.25) is 5.78 Å². The highest BCUT2D eigenvalue weighted by Crippen LogP contribution is 2.38. The standard InChI is InChI=1S/C15H11NO3S/c1-11-15(17)13-9-5-6-10-14(13)16(11)20-19-18-12-7-3-2-4-8-12/h2-10H,1H2. The van der Waals surface area contributed by atoms with Gasteiger partial charge in [0, 0.05) is 5.56 Å². The minimum atomic E-state index is -0.101. The SMILES string of the molecule is C=C1C(=O)c2ccccc2N1SOOc1ccccc1. The summed E-state index contributed by atoms with van der Waals surface area (Å²) in [5, 5.41) is 0. The van der Waals surface area contributed by atoms with Crippen LogP contribution >= 0.6 is 12.2 Å². The molecule has 5 heteroatoms. The lowest BCUT2D eigenvalue weighted by molar-refractivity contribution is -0.0777. The molecule has 0 spiro atoms. The van der Waals surface area contributed by atoms with Crippen LogP contribution in [0.3, 0.4) is 0 Å². The molecule has 1 aliphatic rings. The molecule has 0 fully saturated rings. The Hall–Kier alpha value is -2.24. The largest absolute Gasteiger partial charge is 0.324 e. The Labute approximate surface area is 120 Å². The van der Waals surface area contributed by atoms with Crippen LogP contribution in [0.25, 0.3) is 0 Å². The van der Waals surface area contributed by atoms with Crippen molar-refractivity contribution in [3.8, 4) is 5.75 Å². The summed E-state index contributed by atoms with van der Waals surface area (Å²) in [5.41, 5.74) is 1.73. The fraction of sp³-hybridized carbons (Fsp3) is 0. The average Bonchev–Trinajstić information content (AvgIpc) is 2.74. The van der Waals surface area contributed by atoms with E-state index >= 15 is 0 Å². The molecule has 2 aromatic rings. The number of ketones is 1. The number of anilines is 1. The molecule has 0 bridgehead atoms. The summed E-state index contributed by atoms with van der Waals surface area (Å²) in [6.45, 7) is 3.78. The zero-order valence-corrected chi connectivity index (χ0v) is 11.3. The van der Waals surface area contributed by atoms with Crippen molar-refractivity contribution in [1.82, 2.24) is 0 Å². The lowest BCUT2D eigenvalue weighted by atomic mass is 10.1. The molecule has 0 amide bonds. The Morgan fingerprint density at radius 3 is 2.50 bits per heavy atom. The van der Waals surface area contributed by atoms with Gasteiger partial charge in [0.15, 0.2) is 18.0 Å². The molecule has 0 N–H and O–H groups in total. The third kappa shape index (κ3) is 2.29. The van der Waals surface area contributed by atoms with Gasteiger partial charge < -0.3 is 4.89 Å². The number of hydrogen-bond donors (Lipinski definition) is 0. The highest BCUT2D eigenvalue weighted by Gasteiger charge is 2.31. The van der Waals surface area contributed by atoms with Gasteiger partial charge in [-0.1, -0.05) is 41.2 Å². The van der Waals surface area contributed by atoms with Crippen molar-refractivity contribution in [3.05, 3.63) is 72.4 Å². The van der Waals surface area contributed by atoms with E-state index in [9.17, 15) is 4.79 Å². The Balaban J connectivity index is 1.69. The van der Waals surface area contributed by atoms with Gasteiger partial charge in [-0.2, -0.15) is 0 Å². The number of hydrogen-bond acceptors (Lipinski definition) is 5. The summed E-state index contributed by atoms with van der Waals surface area (Å²) in [5.74, 6) is 0.487. The molecule has 0 radical (unpaired) electrons. The van der Waals surface area contributed by atoms with Gasteiger partial charge in [-0.25, -0.2) is 0 Å². The van der Waals surface area contributed by atoms with E-state index in [0.717, 1.165) is 17.9 Å². The minimum absolute atomic E-state index is 0.101. The number of carbonyl (C=O) groups is 1. The number of para-hydroxylation sites is 2. The molecule has 1 heterocycles. The molecule has 0 aromatic heterocycles. The summed E-state index contributed by atoms with van der Waals surface area (Å²) in [7, 11) is 0. The van der Waals surface area contributed by atoms with Crippen LogP contribution in [-0.2, 0) is 4.33 Å². The highest BCUT2D eigenvalue weighted by atomic mass is 32.2. The third-order valence-electron chi connectivity index (χ3n) is 2.85. The molecule has 3 rings (SSSR count). The molecule has 0 saturated carbocycles. The van der Waals surface area contributed by atoms with Crippen molar-refractivity contribution in [2.75, 3.05) is 4.31 Å². The van der Waals surface area contributed by atoms with Crippen LogP contribution in [0.2, 0.25) is 0 Å². The highest BCUT2D eigenvalue weighted by molar-refractivity contribution is 7.96. The molecule has 1 aliphatic heterocycles. The van der Waals surface area contributed by atoms with Gasteiger partial charge in [-0.05, 0) is 24.3 Å². The number of Topliss-reactive ketones (excluding diaryl/α,β-unsaturated/α-hetero) is 1. The predicted octanol–water partition coefficient (Wildman–Crippen LogP) is 3.78. The zero-order valence-electron chi connectivity index (χ0n) is 10.5. The molecule has 0 unspecified atom stereocenters. The van der Waals surface area contributed by atoms with Gasteiger partial charge in [-0.3, -0.25) is 9.10 Å². The summed E-state index contributed by atoms with van der Waals surface area (Å²) in [4.78, 5) is 17.1. The van der Waals surface area contributed by atoms with E-state index in [0.29, 0.717) is 17.0 Å². The summed E-state index contributed by atoms with van der Waals surface area (Å²) >= 11 is 0.924. The Kier molecular flexibility index (Phi) is 3.45.